The van der Waals surface area contributed by atoms with E-state index in [-0.39, 0.29) is 5.91 Å². The summed E-state index contributed by atoms with van der Waals surface area (Å²) in [6.45, 7) is 4.42. The maximum atomic E-state index is 11.8. The molecule has 2 heterocycles. The zero-order valence-corrected chi connectivity index (χ0v) is 9.48. The zero-order valence-electron chi connectivity index (χ0n) is 8.66. The largest absolute Gasteiger partial charge is 0.469 e. The molecule has 1 aliphatic rings. The van der Waals surface area contributed by atoms with Crippen LogP contribution < -0.4 is 5.32 Å². The Morgan fingerprint density at radius 1 is 1.60 bits per heavy atom. The van der Waals surface area contributed by atoms with E-state index < -0.39 is 0 Å². The van der Waals surface area contributed by atoms with Crippen LogP contribution in [0.4, 0.5) is 0 Å². The van der Waals surface area contributed by atoms with Crippen LogP contribution in [-0.4, -0.2) is 23.4 Å². The van der Waals surface area contributed by atoms with Gasteiger partial charge in [-0.05, 0) is 13.8 Å². The van der Waals surface area contributed by atoms with Crippen molar-refractivity contribution in [2.45, 2.75) is 13.8 Å². The van der Waals surface area contributed by atoms with E-state index >= 15 is 0 Å². The summed E-state index contributed by atoms with van der Waals surface area (Å²) < 4.78 is 5.17. The van der Waals surface area contributed by atoms with Gasteiger partial charge in [-0.3, -0.25) is 9.79 Å². The molecule has 0 aliphatic carbocycles. The van der Waals surface area contributed by atoms with Gasteiger partial charge < -0.3 is 9.73 Å². The van der Waals surface area contributed by atoms with Crippen LogP contribution in [0.5, 0.6) is 0 Å². The van der Waals surface area contributed by atoms with Gasteiger partial charge in [0, 0.05) is 11.3 Å². The number of furan rings is 1. The van der Waals surface area contributed by atoms with E-state index in [1.165, 1.54) is 0 Å². The third kappa shape index (κ3) is 2.07. The molecule has 0 unspecified atom stereocenters. The standard InChI is InChI=1S/C10H12N2O2S/c1-6-5-14-7(2)8(6)9(13)12-10-11-3-4-15-10/h5H,3-4H2,1-2H3,(H,11,12,13). The number of carbonyl (C=O) groups is 1. The highest BCUT2D eigenvalue weighted by Gasteiger charge is 2.18. The van der Waals surface area contributed by atoms with Gasteiger partial charge in [-0.1, -0.05) is 11.8 Å². The minimum absolute atomic E-state index is 0.132. The van der Waals surface area contributed by atoms with Crippen LogP contribution in [0.1, 0.15) is 21.7 Å². The van der Waals surface area contributed by atoms with Crippen LogP contribution in [0.25, 0.3) is 0 Å². The maximum Gasteiger partial charge on any atom is 0.261 e. The van der Waals surface area contributed by atoms with Crippen molar-refractivity contribution in [1.82, 2.24) is 5.32 Å². The SMILES string of the molecule is Cc1coc(C)c1C(=O)NC1=NCCS1. The van der Waals surface area contributed by atoms with Gasteiger partial charge in [0.05, 0.1) is 18.4 Å². The lowest BCUT2D eigenvalue weighted by atomic mass is 10.1. The second-order valence-corrected chi connectivity index (χ2v) is 4.42. The molecule has 0 saturated carbocycles. The van der Waals surface area contributed by atoms with E-state index in [1.54, 1.807) is 24.9 Å². The molecule has 0 radical (unpaired) electrons. The minimum Gasteiger partial charge on any atom is -0.469 e. The van der Waals surface area contributed by atoms with Gasteiger partial charge in [-0.15, -0.1) is 0 Å². The van der Waals surface area contributed by atoms with Crippen molar-refractivity contribution in [2.24, 2.45) is 4.99 Å². The fourth-order valence-electron chi connectivity index (χ4n) is 1.48. The molecule has 0 spiro atoms. The molecular formula is C10H12N2O2S. The first-order valence-corrected chi connectivity index (χ1v) is 5.70. The van der Waals surface area contributed by atoms with Crippen molar-refractivity contribution in [1.29, 1.82) is 0 Å². The second kappa shape index (κ2) is 4.10. The van der Waals surface area contributed by atoms with E-state index in [1.807, 2.05) is 6.92 Å². The lowest BCUT2D eigenvalue weighted by Crippen LogP contribution is -2.28. The molecular weight excluding hydrogens is 212 g/mol. The first kappa shape index (κ1) is 10.3. The quantitative estimate of drug-likeness (QED) is 0.790. The van der Waals surface area contributed by atoms with Crippen molar-refractivity contribution in [3.05, 3.63) is 23.2 Å². The second-order valence-electron chi connectivity index (χ2n) is 3.34. The Balaban J connectivity index is 2.14. The summed E-state index contributed by atoms with van der Waals surface area (Å²) in [7, 11) is 0. The van der Waals surface area contributed by atoms with Crippen molar-refractivity contribution in [2.75, 3.05) is 12.3 Å². The normalized spacial score (nSPS) is 15.2. The molecule has 1 aromatic rings. The van der Waals surface area contributed by atoms with Gasteiger partial charge in [-0.2, -0.15) is 0 Å². The summed E-state index contributed by atoms with van der Waals surface area (Å²) in [5.41, 5.74) is 1.47. The Hall–Kier alpha value is -1.23. The van der Waals surface area contributed by atoms with Crippen LogP contribution in [-0.2, 0) is 0 Å². The molecule has 1 aliphatic heterocycles. The van der Waals surface area contributed by atoms with Crippen LogP contribution in [0.2, 0.25) is 0 Å². The van der Waals surface area contributed by atoms with Crippen LogP contribution >= 0.6 is 11.8 Å². The van der Waals surface area contributed by atoms with E-state index in [0.717, 1.165) is 17.9 Å². The topological polar surface area (TPSA) is 54.6 Å². The molecule has 4 nitrogen and oxygen atoms in total. The summed E-state index contributed by atoms with van der Waals surface area (Å²) in [6, 6.07) is 0. The van der Waals surface area contributed by atoms with Crippen LogP contribution in [0.3, 0.4) is 0 Å². The highest BCUT2D eigenvalue weighted by molar-refractivity contribution is 8.14. The van der Waals surface area contributed by atoms with E-state index in [2.05, 4.69) is 10.3 Å². The molecule has 1 aromatic heterocycles. The Labute approximate surface area is 92.1 Å². The highest BCUT2D eigenvalue weighted by atomic mass is 32.2. The highest BCUT2D eigenvalue weighted by Crippen LogP contribution is 2.16. The number of hydrogen-bond donors (Lipinski definition) is 1. The Morgan fingerprint density at radius 2 is 2.40 bits per heavy atom. The van der Waals surface area contributed by atoms with Crippen molar-refractivity contribution >= 4 is 22.8 Å². The predicted octanol–water partition coefficient (Wildman–Crippen LogP) is 1.73. The Kier molecular flexibility index (Phi) is 2.81. The molecule has 5 heteroatoms. The number of nitrogens with zero attached hydrogens (tertiary/aromatic N) is 1. The molecule has 0 bridgehead atoms. The number of thioether (sulfide) groups is 1. The van der Waals surface area contributed by atoms with E-state index in [9.17, 15) is 4.79 Å². The van der Waals surface area contributed by atoms with Gasteiger partial charge in [0.15, 0.2) is 5.17 Å². The lowest BCUT2D eigenvalue weighted by Gasteiger charge is -2.03. The average Bonchev–Trinajstić information content (AvgIpc) is 2.77. The van der Waals surface area contributed by atoms with Crippen molar-refractivity contribution in [3.8, 4) is 0 Å². The zero-order chi connectivity index (χ0) is 10.8. The molecule has 0 atom stereocenters. The van der Waals surface area contributed by atoms with Crippen molar-refractivity contribution < 1.29 is 9.21 Å². The van der Waals surface area contributed by atoms with Crippen molar-refractivity contribution in [3.63, 3.8) is 0 Å². The molecule has 0 saturated heterocycles. The monoisotopic (exact) mass is 224 g/mol. The fraction of sp³-hybridized carbons (Fsp3) is 0.400. The summed E-state index contributed by atoms with van der Waals surface area (Å²) in [4.78, 5) is 16.0. The lowest BCUT2D eigenvalue weighted by molar-refractivity contribution is 0.0976. The fourth-order valence-corrected chi connectivity index (χ4v) is 2.20. The molecule has 0 aromatic carbocycles. The number of rotatable bonds is 1. The number of nitrogens with one attached hydrogen (secondary N) is 1. The predicted molar refractivity (Wildman–Crippen MR) is 60.4 cm³/mol. The summed E-state index contributed by atoms with van der Waals surface area (Å²) in [6.07, 6.45) is 1.59. The van der Waals surface area contributed by atoms with Crippen LogP contribution in [0, 0.1) is 13.8 Å². The summed E-state index contributed by atoms with van der Waals surface area (Å²) in [5, 5.41) is 3.49. The Morgan fingerprint density at radius 3 is 2.93 bits per heavy atom. The Bertz CT molecular complexity index is 404. The first-order valence-electron chi connectivity index (χ1n) is 4.72. The van der Waals surface area contributed by atoms with Gasteiger partial charge in [-0.25, -0.2) is 0 Å². The number of aryl methyl sites for hydroxylation is 2. The minimum atomic E-state index is -0.132. The van der Waals surface area contributed by atoms with E-state index in [4.69, 9.17) is 4.42 Å². The number of carbonyl (C=O) groups excluding carboxylic acids is 1. The third-order valence-electron chi connectivity index (χ3n) is 2.19. The molecule has 2 rings (SSSR count). The average molecular weight is 224 g/mol. The molecule has 15 heavy (non-hydrogen) atoms. The van der Waals surface area contributed by atoms with Gasteiger partial charge >= 0.3 is 0 Å². The molecule has 80 valence electrons. The summed E-state index contributed by atoms with van der Waals surface area (Å²) >= 11 is 1.57. The number of aliphatic imine (C=N–C) groups is 1. The van der Waals surface area contributed by atoms with Gasteiger partial charge in [0.25, 0.3) is 5.91 Å². The summed E-state index contributed by atoms with van der Waals surface area (Å²) in [5.74, 6) is 1.46. The van der Waals surface area contributed by atoms with E-state index in [0.29, 0.717) is 16.5 Å². The third-order valence-corrected chi connectivity index (χ3v) is 3.08. The maximum absolute atomic E-state index is 11.8. The number of hydrogen-bond acceptors (Lipinski definition) is 4. The first-order chi connectivity index (χ1) is 7.18. The smallest absolute Gasteiger partial charge is 0.261 e. The molecule has 0 fully saturated rings. The number of amides is 1. The van der Waals surface area contributed by atoms with Gasteiger partial charge in [0.1, 0.15) is 5.76 Å². The van der Waals surface area contributed by atoms with Crippen LogP contribution in [0.15, 0.2) is 15.7 Å². The molecule has 1 N–H and O–H groups in total. The number of amidine groups is 1. The van der Waals surface area contributed by atoms with Gasteiger partial charge in [0.2, 0.25) is 0 Å². The molecule has 1 amide bonds.